The van der Waals surface area contributed by atoms with Crippen molar-refractivity contribution in [3.05, 3.63) is 76.8 Å². The molecular formula is C23H23NO6S. The summed E-state index contributed by atoms with van der Waals surface area (Å²) in [5.74, 6) is -0.254. The van der Waals surface area contributed by atoms with E-state index in [-0.39, 0.29) is 31.4 Å². The predicted octanol–water partition coefficient (Wildman–Crippen LogP) is 3.40. The normalized spacial score (nSPS) is 14.5. The molecule has 0 unspecified atom stereocenters. The molecule has 1 amide bonds. The molecule has 0 spiro atoms. The van der Waals surface area contributed by atoms with E-state index in [1.807, 2.05) is 30.3 Å². The summed E-state index contributed by atoms with van der Waals surface area (Å²) in [6.45, 7) is 2.59. The number of benzene rings is 2. The van der Waals surface area contributed by atoms with E-state index in [0.29, 0.717) is 22.9 Å². The Labute approximate surface area is 185 Å². The minimum Gasteiger partial charge on any atom is -0.489 e. The van der Waals surface area contributed by atoms with Gasteiger partial charge in [0.1, 0.15) is 19.0 Å². The lowest BCUT2D eigenvalue weighted by Crippen LogP contribution is -2.29. The Morgan fingerprint density at radius 3 is 2.52 bits per heavy atom. The quantitative estimate of drug-likeness (QED) is 0.436. The molecule has 3 rings (SSSR count). The first-order valence-corrected chi connectivity index (χ1v) is 10.8. The van der Waals surface area contributed by atoms with Crippen LogP contribution in [0.25, 0.3) is 0 Å². The Hall–Kier alpha value is -3.26. The van der Waals surface area contributed by atoms with Crippen molar-refractivity contribution in [3.8, 4) is 5.75 Å². The first-order valence-electron chi connectivity index (χ1n) is 9.82. The van der Waals surface area contributed by atoms with Crippen LogP contribution in [0.3, 0.4) is 0 Å². The zero-order valence-electron chi connectivity index (χ0n) is 17.1. The van der Waals surface area contributed by atoms with Gasteiger partial charge < -0.3 is 19.1 Å². The maximum atomic E-state index is 12.3. The van der Waals surface area contributed by atoms with Crippen LogP contribution < -0.4 is 4.74 Å². The molecule has 0 radical (unpaired) electrons. The highest BCUT2D eigenvalue weighted by molar-refractivity contribution is 8.04. The number of amides is 1. The Morgan fingerprint density at radius 2 is 1.81 bits per heavy atom. The summed E-state index contributed by atoms with van der Waals surface area (Å²) in [6.07, 6.45) is 1.29. The van der Waals surface area contributed by atoms with E-state index in [1.54, 1.807) is 31.2 Å². The Kier molecular flexibility index (Phi) is 8.12. The Balaban J connectivity index is 1.47. The monoisotopic (exact) mass is 441 g/mol. The molecule has 162 valence electrons. The molecule has 7 nitrogen and oxygen atoms in total. The minimum absolute atomic E-state index is 0.0115. The lowest BCUT2D eigenvalue weighted by molar-refractivity contribution is -0.137. The van der Waals surface area contributed by atoms with Crippen LogP contribution in [-0.2, 0) is 25.7 Å². The van der Waals surface area contributed by atoms with E-state index in [9.17, 15) is 14.4 Å². The van der Waals surface area contributed by atoms with E-state index in [1.165, 1.54) is 22.7 Å². The zero-order chi connectivity index (χ0) is 22.1. The molecule has 1 heterocycles. The van der Waals surface area contributed by atoms with Gasteiger partial charge in [-0.3, -0.25) is 4.79 Å². The lowest BCUT2D eigenvalue weighted by Gasteiger charge is -2.16. The second-order valence-corrected chi connectivity index (χ2v) is 7.50. The highest BCUT2D eigenvalue weighted by Crippen LogP contribution is 2.28. The molecule has 0 saturated carbocycles. The number of nitrogens with zero attached hydrogens (tertiary/aromatic N) is 1. The first kappa shape index (κ1) is 22.4. The number of esters is 2. The van der Waals surface area contributed by atoms with Crippen molar-refractivity contribution in [2.45, 2.75) is 13.5 Å². The Morgan fingerprint density at radius 1 is 1.06 bits per heavy atom. The summed E-state index contributed by atoms with van der Waals surface area (Å²) in [6, 6.07) is 16.5. The first-order chi connectivity index (χ1) is 15.1. The van der Waals surface area contributed by atoms with Gasteiger partial charge in [-0.2, -0.15) is 0 Å². The molecule has 31 heavy (non-hydrogen) atoms. The number of carbonyl (C=O) groups excluding carboxylic acids is 3. The fraction of sp³-hybridized carbons (Fsp3) is 0.261. The van der Waals surface area contributed by atoms with Crippen molar-refractivity contribution in [2.24, 2.45) is 0 Å². The van der Waals surface area contributed by atoms with Crippen LogP contribution in [0.2, 0.25) is 0 Å². The van der Waals surface area contributed by atoms with Gasteiger partial charge in [-0.15, -0.1) is 0 Å². The van der Waals surface area contributed by atoms with Crippen LogP contribution in [0.1, 0.15) is 22.8 Å². The van der Waals surface area contributed by atoms with Gasteiger partial charge in [-0.1, -0.05) is 42.1 Å². The third kappa shape index (κ3) is 6.62. The number of hydrogen-bond donors (Lipinski definition) is 0. The van der Waals surface area contributed by atoms with Crippen LogP contribution in [-0.4, -0.2) is 48.3 Å². The lowest BCUT2D eigenvalue weighted by atomic mass is 10.2. The van der Waals surface area contributed by atoms with Crippen LogP contribution in [0, 0.1) is 0 Å². The molecule has 1 saturated heterocycles. The molecule has 0 bridgehead atoms. The van der Waals surface area contributed by atoms with Crippen molar-refractivity contribution in [2.75, 3.05) is 25.5 Å². The van der Waals surface area contributed by atoms with Crippen molar-refractivity contribution < 1.29 is 28.6 Å². The van der Waals surface area contributed by atoms with E-state index in [0.717, 1.165) is 5.56 Å². The van der Waals surface area contributed by atoms with E-state index in [4.69, 9.17) is 14.2 Å². The molecule has 2 aromatic carbocycles. The van der Waals surface area contributed by atoms with Gasteiger partial charge in [0, 0.05) is 0 Å². The molecule has 0 aromatic heterocycles. The topological polar surface area (TPSA) is 82.1 Å². The van der Waals surface area contributed by atoms with Gasteiger partial charge in [0.15, 0.2) is 0 Å². The third-order valence-electron chi connectivity index (χ3n) is 4.32. The Bertz CT molecular complexity index is 942. The average molecular weight is 442 g/mol. The van der Waals surface area contributed by atoms with Gasteiger partial charge in [-0.05, 0) is 36.8 Å². The maximum absolute atomic E-state index is 12.3. The summed E-state index contributed by atoms with van der Waals surface area (Å²) in [5, 5.41) is 0.499. The van der Waals surface area contributed by atoms with E-state index < -0.39 is 11.9 Å². The summed E-state index contributed by atoms with van der Waals surface area (Å²) in [4.78, 5) is 37.4. The minimum atomic E-state index is -0.503. The number of ether oxygens (including phenoxy) is 3. The van der Waals surface area contributed by atoms with Crippen molar-refractivity contribution >= 4 is 29.6 Å². The van der Waals surface area contributed by atoms with Crippen molar-refractivity contribution in [1.82, 2.24) is 4.90 Å². The highest BCUT2D eigenvalue weighted by Gasteiger charge is 2.27. The molecule has 2 aromatic rings. The standard InChI is InChI=1S/C23H23NO6S/c1-2-28-22(26)14-21-24(20(25)16-31-21)12-13-29-23(27)18-8-10-19(11-9-18)30-15-17-6-4-3-5-7-17/h3-11,14H,2,12-13,15-16H2,1H3/b21-14+. The maximum Gasteiger partial charge on any atom is 0.338 e. The number of carbonyl (C=O) groups is 3. The number of thioether (sulfide) groups is 1. The van der Waals surface area contributed by atoms with Crippen LogP contribution in [0.5, 0.6) is 5.75 Å². The largest absolute Gasteiger partial charge is 0.489 e. The number of rotatable bonds is 9. The fourth-order valence-corrected chi connectivity index (χ4v) is 3.75. The van der Waals surface area contributed by atoms with Crippen molar-refractivity contribution in [1.29, 1.82) is 0 Å². The molecule has 1 fully saturated rings. The second kappa shape index (κ2) is 11.2. The predicted molar refractivity (Wildman–Crippen MR) is 116 cm³/mol. The van der Waals surface area contributed by atoms with Crippen LogP contribution >= 0.6 is 11.8 Å². The molecule has 8 heteroatoms. The molecule has 0 N–H and O–H groups in total. The highest BCUT2D eigenvalue weighted by atomic mass is 32.2. The third-order valence-corrected chi connectivity index (χ3v) is 5.35. The smallest absolute Gasteiger partial charge is 0.338 e. The van der Waals surface area contributed by atoms with Crippen LogP contribution in [0.4, 0.5) is 0 Å². The second-order valence-electron chi connectivity index (χ2n) is 6.50. The summed E-state index contributed by atoms with van der Waals surface area (Å²) < 4.78 is 15.9. The van der Waals surface area contributed by atoms with Gasteiger partial charge in [0.2, 0.25) is 5.91 Å². The molecule has 1 aliphatic heterocycles. The average Bonchev–Trinajstić information content (AvgIpc) is 3.12. The van der Waals surface area contributed by atoms with Gasteiger partial charge >= 0.3 is 11.9 Å². The summed E-state index contributed by atoms with van der Waals surface area (Å²) in [5.41, 5.74) is 1.44. The molecule has 0 aliphatic carbocycles. The van der Waals surface area contributed by atoms with Gasteiger partial charge in [-0.25, -0.2) is 9.59 Å². The van der Waals surface area contributed by atoms with Gasteiger partial charge in [0.25, 0.3) is 0 Å². The summed E-state index contributed by atoms with van der Waals surface area (Å²) in [7, 11) is 0. The van der Waals surface area contributed by atoms with E-state index >= 15 is 0 Å². The fourth-order valence-electron chi connectivity index (χ4n) is 2.79. The number of hydrogen-bond acceptors (Lipinski definition) is 7. The van der Waals surface area contributed by atoms with Crippen molar-refractivity contribution in [3.63, 3.8) is 0 Å². The summed E-state index contributed by atoms with van der Waals surface area (Å²) >= 11 is 1.25. The molecule has 1 aliphatic rings. The molecule has 0 atom stereocenters. The zero-order valence-corrected chi connectivity index (χ0v) is 17.9. The SMILES string of the molecule is CCOC(=O)/C=C1/SCC(=O)N1CCOC(=O)c1ccc(OCc2ccccc2)cc1. The van der Waals surface area contributed by atoms with Crippen LogP contribution in [0.15, 0.2) is 65.7 Å². The molecular weight excluding hydrogens is 418 g/mol. The van der Waals surface area contributed by atoms with E-state index in [2.05, 4.69) is 0 Å². The van der Waals surface area contributed by atoms with Gasteiger partial charge in [0.05, 0.1) is 35.6 Å².